The van der Waals surface area contributed by atoms with Crippen molar-refractivity contribution >= 4 is 17.3 Å². The van der Waals surface area contributed by atoms with Crippen molar-refractivity contribution in [2.75, 3.05) is 37.0 Å². The van der Waals surface area contributed by atoms with Gasteiger partial charge in [0.2, 0.25) is 5.91 Å². The normalized spacial score (nSPS) is 22.2. The number of fused-ring (bicyclic) bond motifs is 1. The molecule has 0 spiro atoms. The van der Waals surface area contributed by atoms with E-state index in [2.05, 4.69) is 29.4 Å². The smallest absolute Gasteiger partial charge is 0.229 e. The van der Waals surface area contributed by atoms with Crippen molar-refractivity contribution in [1.29, 1.82) is 0 Å². The Bertz CT molecular complexity index is 481. The third-order valence-electron chi connectivity index (χ3n) is 4.00. The number of ether oxygens (including phenoxy) is 1. The molecule has 2 aliphatic rings. The molecule has 1 aromatic rings. The Morgan fingerprint density at radius 2 is 2.37 bits per heavy atom. The zero-order valence-electron chi connectivity index (χ0n) is 11.3. The van der Waals surface area contributed by atoms with Crippen LogP contribution in [0.2, 0.25) is 0 Å². The van der Waals surface area contributed by atoms with Gasteiger partial charge in [-0.2, -0.15) is 0 Å². The molecule has 4 heteroatoms. The Kier molecular flexibility index (Phi) is 3.42. The summed E-state index contributed by atoms with van der Waals surface area (Å²) in [6, 6.07) is 6.21. The van der Waals surface area contributed by atoms with Gasteiger partial charge in [0.05, 0.1) is 12.5 Å². The lowest BCUT2D eigenvalue weighted by atomic mass is 10.0. The number of anilines is 2. The van der Waals surface area contributed by atoms with Gasteiger partial charge in [-0.1, -0.05) is 0 Å². The van der Waals surface area contributed by atoms with Crippen LogP contribution < -0.4 is 10.2 Å². The maximum absolute atomic E-state index is 12.0. The van der Waals surface area contributed by atoms with Crippen molar-refractivity contribution in [3.8, 4) is 0 Å². The van der Waals surface area contributed by atoms with Gasteiger partial charge in [-0.25, -0.2) is 0 Å². The van der Waals surface area contributed by atoms with E-state index < -0.39 is 0 Å². The van der Waals surface area contributed by atoms with E-state index in [1.54, 1.807) is 0 Å². The molecular weight excluding hydrogens is 240 g/mol. The Hall–Kier alpha value is -1.55. The van der Waals surface area contributed by atoms with Crippen molar-refractivity contribution in [2.45, 2.75) is 19.3 Å². The van der Waals surface area contributed by atoms with Crippen LogP contribution in [0.5, 0.6) is 0 Å². The highest BCUT2D eigenvalue weighted by atomic mass is 16.5. The molecule has 102 valence electrons. The lowest BCUT2D eigenvalue weighted by molar-refractivity contribution is -0.119. The first-order valence-corrected chi connectivity index (χ1v) is 6.97. The number of nitrogens with one attached hydrogen (secondary N) is 1. The van der Waals surface area contributed by atoms with Gasteiger partial charge in [0.25, 0.3) is 0 Å². The third kappa shape index (κ3) is 2.59. The third-order valence-corrected chi connectivity index (χ3v) is 4.00. The number of hydrogen-bond acceptors (Lipinski definition) is 3. The first kappa shape index (κ1) is 12.5. The van der Waals surface area contributed by atoms with Crippen molar-refractivity contribution in [3.05, 3.63) is 23.8 Å². The lowest BCUT2D eigenvalue weighted by Crippen LogP contribution is -2.25. The van der Waals surface area contributed by atoms with E-state index in [1.807, 2.05) is 6.07 Å². The zero-order valence-corrected chi connectivity index (χ0v) is 11.3. The van der Waals surface area contributed by atoms with Crippen LogP contribution >= 0.6 is 0 Å². The molecule has 1 atom stereocenters. The van der Waals surface area contributed by atoms with Gasteiger partial charge in [0.1, 0.15) is 0 Å². The molecule has 1 unspecified atom stereocenters. The highest BCUT2D eigenvalue weighted by Crippen LogP contribution is 2.28. The monoisotopic (exact) mass is 260 g/mol. The molecule has 0 aromatic heterocycles. The standard InChI is InChI=1S/C15H20N2O2/c1-17-7-2-3-11-9-13(4-5-14(11)17)16-15(18)12-6-8-19-10-12/h4-5,9,12H,2-3,6-8,10H2,1H3,(H,16,18). The van der Waals surface area contributed by atoms with Crippen molar-refractivity contribution < 1.29 is 9.53 Å². The first-order chi connectivity index (χ1) is 9.24. The van der Waals surface area contributed by atoms with Crippen LogP contribution in [0.3, 0.4) is 0 Å². The molecule has 1 amide bonds. The minimum Gasteiger partial charge on any atom is -0.381 e. The number of nitrogens with zero attached hydrogens (tertiary/aromatic N) is 1. The second kappa shape index (κ2) is 5.21. The number of carbonyl (C=O) groups is 1. The fourth-order valence-corrected chi connectivity index (χ4v) is 2.85. The van der Waals surface area contributed by atoms with Crippen molar-refractivity contribution in [1.82, 2.24) is 0 Å². The largest absolute Gasteiger partial charge is 0.381 e. The Balaban J connectivity index is 1.73. The summed E-state index contributed by atoms with van der Waals surface area (Å²) < 4.78 is 5.25. The van der Waals surface area contributed by atoms with E-state index in [9.17, 15) is 4.79 Å². The summed E-state index contributed by atoms with van der Waals surface area (Å²) in [7, 11) is 2.12. The second-order valence-electron chi connectivity index (χ2n) is 5.42. The minimum absolute atomic E-state index is 0.0127. The van der Waals surface area contributed by atoms with E-state index >= 15 is 0 Å². The zero-order chi connectivity index (χ0) is 13.2. The average molecular weight is 260 g/mol. The molecule has 1 N–H and O–H groups in total. The molecule has 1 aromatic carbocycles. The summed E-state index contributed by atoms with van der Waals surface area (Å²) in [6.07, 6.45) is 3.10. The summed E-state index contributed by atoms with van der Waals surface area (Å²) in [5.74, 6) is 0.0975. The molecule has 19 heavy (non-hydrogen) atoms. The molecule has 0 radical (unpaired) electrons. The van der Waals surface area contributed by atoms with Gasteiger partial charge in [-0.05, 0) is 43.0 Å². The fraction of sp³-hybridized carbons (Fsp3) is 0.533. The number of amides is 1. The topological polar surface area (TPSA) is 41.6 Å². The summed E-state index contributed by atoms with van der Waals surface area (Å²) in [5, 5.41) is 3.01. The van der Waals surface area contributed by atoms with Crippen LogP contribution in [-0.4, -0.2) is 32.7 Å². The van der Waals surface area contributed by atoms with Crippen LogP contribution in [0.1, 0.15) is 18.4 Å². The van der Waals surface area contributed by atoms with Crippen LogP contribution in [0, 0.1) is 5.92 Å². The number of carbonyl (C=O) groups excluding carboxylic acids is 1. The molecule has 3 rings (SSSR count). The van der Waals surface area contributed by atoms with Gasteiger partial charge in [-0.3, -0.25) is 4.79 Å². The molecule has 0 bridgehead atoms. The lowest BCUT2D eigenvalue weighted by Gasteiger charge is -2.27. The molecular formula is C15H20N2O2. The van der Waals surface area contributed by atoms with E-state index in [-0.39, 0.29) is 11.8 Å². The number of hydrogen-bond donors (Lipinski definition) is 1. The number of aryl methyl sites for hydroxylation is 1. The van der Waals surface area contributed by atoms with E-state index in [4.69, 9.17) is 4.74 Å². The highest BCUT2D eigenvalue weighted by Gasteiger charge is 2.23. The Morgan fingerprint density at radius 3 is 3.16 bits per heavy atom. The Labute approximate surface area is 113 Å². The van der Waals surface area contributed by atoms with Gasteiger partial charge in [-0.15, -0.1) is 0 Å². The van der Waals surface area contributed by atoms with Gasteiger partial charge in [0.15, 0.2) is 0 Å². The van der Waals surface area contributed by atoms with Gasteiger partial charge < -0.3 is 15.0 Å². The maximum atomic E-state index is 12.0. The minimum atomic E-state index is 0.0127. The number of rotatable bonds is 2. The second-order valence-corrected chi connectivity index (χ2v) is 5.42. The molecule has 1 fully saturated rings. The Morgan fingerprint density at radius 1 is 1.47 bits per heavy atom. The molecule has 2 aliphatic heterocycles. The van der Waals surface area contributed by atoms with E-state index in [0.29, 0.717) is 13.2 Å². The fourth-order valence-electron chi connectivity index (χ4n) is 2.85. The van der Waals surface area contributed by atoms with E-state index in [0.717, 1.165) is 25.1 Å². The summed E-state index contributed by atoms with van der Waals surface area (Å²) >= 11 is 0. The molecule has 0 saturated carbocycles. The first-order valence-electron chi connectivity index (χ1n) is 6.97. The van der Waals surface area contributed by atoms with Gasteiger partial charge >= 0.3 is 0 Å². The summed E-state index contributed by atoms with van der Waals surface area (Å²) in [4.78, 5) is 14.3. The van der Waals surface area contributed by atoms with Crippen LogP contribution in [-0.2, 0) is 16.0 Å². The predicted octanol–water partition coefficient (Wildman–Crippen LogP) is 2.04. The van der Waals surface area contributed by atoms with Crippen LogP contribution in [0.4, 0.5) is 11.4 Å². The summed E-state index contributed by atoms with van der Waals surface area (Å²) in [5.41, 5.74) is 3.52. The quantitative estimate of drug-likeness (QED) is 0.885. The van der Waals surface area contributed by atoms with E-state index in [1.165, 1.54) is 17.7 Å². The summed E-state index contributed by atoms with van der Waals surface area (Å²) in [6.45, 7) is 2.37. The van der Waals surface area contributed by atoms with Crippen molar-refractivity contribution in [2.24, 2.45) is 5.92 Å². The maximum Gasteiger partial charge on any atom is 0.229 e. The van der Waals surface area contributed by atoms with Crippen LogP contribution in [0.15, 0.2) is 18.2 Å². The average Bonchev–Trinajstić information content (AvgIpc) is 2.93. The molecule has 2 heterocycles. The number of benzene rings is 1. The van der Waals surface area contributed by atoms with Crippen LogP contribution in [0.25, 0.3) is 0 Å². The molecule has 0 aliphatic carbocycles. The molecule has 4 nitrogen and oxygen atoms in total. The SMILES string of the molecule is CN1CCCc2cc(NC(=O)C3CCOC3)ccc21. The van der Waals surface area contributed by atoms with Crippen molar-refractivity contribution in [3.63, 3.8) is 0 Å². The predicted molar refractivity (Wildman–Crippen MR) is 75.6 cm³/mol. The molecule has 1 saturated heterocycles. The highest BCUT2D eigenvalue weighted by molar-refractivity contribution is 5.93. The van der Waals surface area contributed by atoms with Gasteiger partial charge in [0, 0.05) is 31.6 Å².